The maximum absolute atomic E-state index is 9.04. The van der Waals surface area contributed by atoms with Crippen LogP contribution < -0.4 is 10.3 Å². The molecule has 3 heterocycles. The highest BCUT2D eigenvalue weighted by atomic mass is 32.2. The Balaban J connectivity index is 1.52. The van der Waals surface area contributed by atoms with Crippen molar-refractivity contribution in [3.8, 4) is 0 Å². The molecule has 2 aromatic heterocycles. The number of aromatic nitrogens is 3. The molecule has 0 spiro atoms. The van der Waals surface area contributed by atoms with Crippen LogP contribution >= 0.6 is 11.8 Å². The van der Waals surface area contributed by atoms with E-state index in [2.05, 4.69) is 36.4 Å². The topological polar surface area (TPSA) is 98.7 Å². The van der Waals surface area contributed by atoms with E-state index in [1.165, 1.54) is 0 Å². The number of thioether (sulfide) groups is 1. The molecule has 3 aromatic rings. The summed E-state index contributed by atoms with van der Waals surface area (Å²) in [5.74, 6) is 2.12. The SMILES string of the molecule is OCCCSc1cc(N2CCOCC2)nc(N/N=C\c2c[nH]c3ccccc23)n1. The number of nitrogens with zero attached hydrogens (tertiary/aromatic N) is 4. The number of benzene rings is 1. The van der Waals surface area contributed by atoms with Crippen LogP contribution in [0.3, 0.4) is 0 Å². The molecule has 1 aliphatic rings. The van der Waals surface area contributed by atoms with Crippen LogP contribution in [-0.2, 0) is 4.74 Å². The molecular formula is C20H24N6O2S. The summed E-state index contributed by atoms with van der Waals surface area (Å²) < 4.78 is 5.44. The molecule has 0 amide bonds. The monoisotopic (exact) mass is 412 g/mol. The Bertz CT molecular complexity index is 971. The third-order valence-electron chi connectivity index (χ3n) is 4.57. The Morgan fingerprint density at radius 3 is 3.00 bits per heavy atom. The summed E-state index contributed by atoms with van der Waals surface area (Å²) in [5, 5.41) is 15.4. The molecule has 1 saturated heterocycles. The van der Waals surface area contributed by atoms with Gasteiger partial charge >= 0.3 is 0 Å². The Kier molecular flexibility index (Phi) is 6.60. The number of anilines is 2. The summed E-state index contributed by atoms with van der Waals surface area (Å²) in [7, 11) is 0. The van der Waals surface area contributed by atoms with E-state index in [0.717, 1.165) is 52.6 Å². The molecule has 0 unspecified atom stereocenters. The molecule has 9 heteroatoms. The summed E-state index contributed by atoms with van der Waals surface area (Å²) in [5.41, 5.74) is 5.04. The molecule has 152 valence electrons. The average Bonchev–Trinajstić information content (AvgIpc) is 3.18. The van der Waals surface area contributed by atoms with Gasteiger partial charge in [0.1, 0.15) is 10.8 Å². The Morgan fingerprint density at radius 1 is 1.28 bits per heavy atom. The number of rotatable bonds is 8. The maximum Gasteiger partial charge on any atom is 0.246 e. The summed E-state index contributed by atoms with van der Waals surface area (Å²) in [6.45, 7) is 3.16. The van der Waals surface area contributed by atoms with Gasteiger partial charge in [-0.15, -0.1) is 11.8 Å². The zero-order valence-corrected chi connectivity index (χ0v) is 16.9. The molecule has 3 N–H and O–H groups in total. The summed E-state index contributed by atoms with van der Waals surface area (Å²) >= 11 is 1.60. The number of H-pyrrole nitrogens is 1. The third kappa shape index (κ3) is 5.06. The molecular weight excluding hydrogens is 388 g/mol. The molecule has 8 nitrogen and oxygen atoms in total. The van der Waals surface area contributed by atoms with Crippen LogP contribution in [0.1, 0.15) is 12.0 Å². The van der Waals surface area contributed by atoms with E-state index in [0.29, 0.717) is 19.2 Å². The number of morpholine rings is 1. The first-order valence-corrected chi connectivity index (χ1v) is 10.6. The van der Waals surface area contributed by atoms with Crippen LogP contribution in [0.5, 0.6) is 0 Å². The molecule has 1 aromatic carbocycles. The van der Waals surface area contributed by atoms with Crippen molar-refractivity contribution < 1.29 is 9.84 Å². The highest BCUT2D eigenvalue weighted by Gasteiger charge is 2.15. The van der Waals surface area contributed by atoms with E-state index in [9.17, 15) is 0 Å². The number of fused-ring (bicyclic) bond motifs is 1. The van der Waals surface area contributed by atoms with Gasteiger partial charge in [-0.2, -0.15) is 10.1 Å². The number of aromatic amines is 1. The van der Waals surface area contributed by atoms with Crippen LogP contribution in [0, 0.1) is 0 Å². The van der Waals surface area contributed by atoms with Crippen molar-refractivity contribution in [2.45, 2.75) is 11.4 Å². The minimum absolute atomic E-state index is 0.175. The molecule has 0 aliphatic carbocycles. The van der Waals surface area contributed by atoms with Gasteiger partial charge in [-0.25, -0.2) is 10.4 Å². The largest absolute Gasteiger partial charge is 0.396 e. The number of para-hydroxylation sites is 1. The second-order valence-corrected chi connectivity index (χ2v) is 7.69. The molecule has 0 bridgehead atoms. The third-order valence-corrected chi connectivity index (χ3v) is 5.56. The highest BCUT2D eigenvalue weighted by Crippen LogP contribution is 2.24. The van der Waals surface area contributed by atoms with Crippen LogP contribution in [0.4, 0.5) is 11.8 Å². The predicted molar refractivity (Wildman–Crippen MR) is 117 cm³/mol. The smallest absolute Gasteiger partial charge is 0.246 e. The Hall–Kier alpha value is -2.62. The maximum atomic E-state index is 9.04. The lowest BCUT2D eigenvalue weighted by Gasteiger charge is -2.28. The van der Waals surface area contributed by atoms with E-state index in [-0.39, 0.29) is 6.61 Å². The minimum Gasteiger partial charge on any atom is -0.396 e. The van der Waals surface area contributed by atoms with Gasteiger partial charge in [0.05, 0.1) is 19.4 Å². The highest BCUT2D eigenvalue weighted by molar-refractivity contribution is 7.99. The first kappa shape index (κ1) is 19.7. The first-order chi connectivity index (χ1) is 14.3. The van der Waals surface area contributed by atoms with Crippen molar-refractivity contribution >= 4 is 40.6 Å². The first-order valence-electron chi connectivity index (χ1n) is 9.64. The number of hydrogen-bond donors (Lipinski definition) is 3. The fourth-order valence-corrected chi connectivity index (χ4v) is 3.92. The predicted octanol–water partition coefficient (Wildman–Crippen LogP) is 2.72. The van der Waals surface area contributed by atoms with Crippen LogP contribution in [0.15, 0.2) is 46.7 Å². The number of hydrazone groups is 1. The molecule has 4 rings (SSSR count). The lowest BCUT2D eigenvalue weighted by molar-refractivity contribution is 0.122. The quantitative estimate of drug-likeness (QED) is 0.172. The lowest BCUT2D eigenvalue weighted by Crippen LogP contribution is -2.36. The van der Waals surface area contributed by atoms with Gasteiger partial charge in [-0.1, -0.05) is 18.2 Å². The van der Waals surface area contributed by atoms with Gasteiger partial charge in [-0.3, -0.25) is 0 Å². The molecule has 1 aliphatic heterocycles. The van der Waals surface area contributed by atoms with Crippen molar-refractivity contribution in [2.75, 3.05) is 49.0 Å². The van der Waals surface area contributed by atoms with E-state index >= 15 is 0 Å². The van der Waals surface area contributed by atoms with Crippen molar-refractivity contribution in [1.29, 1.82) is 0 Å². The number of nitrogens with one attached hydrogen (secondary N) is 2. The molecule has 1 fully saturated rings. The second-order valence-electron chi connectivity index (χ2n) is 6.57. The van der Waals surface area contributed by atoms with Gasteiger partial charge in [-0.05, 0) is 12.5 Å². The lowest BCUT2D eigenvalue weighted by atomic mass is 10.2. The second kappa shape index (κ2) is 9.73. The zero-order valence-electron chi connectivity index (χ0n) is 16.0. The van der Waals surface area contributed by atoms with Gasteiger partial charge in [0.15, 0.2) is 0 Å². The minimum atomic E-state index is 0.175. The van der Waals surface area contributed by atoms with Crippen molar-refractivity contribution in [3.63, 3.8) is 0 Å². The van der Waals surface area contributed by atoms with E-state index in [4.69, 9.17) is 9.84 Å². The van der Waals surface area contributed by atoms with Gasteiger partial charge in [0, 0.05) is 54.2 Å². The summed E-state index contributed by atoms with van der Waals surface area (Å²) in [6, 6.07) is 10.1. The summed E-state index contributed by atoms with van der Waals surface area (Å²) in [4.78, 5) is 14.6. The number of aliphatic hydroxyl groups is 1. The molecule has 0 atom stereocenters. The van der Waals surface area contributed by atoms with E-state index < -0.39 is 0 Å². The fraction of sp³-hybridized carbons (Fsp3) is 0.350. The van der Waals surface area contributed by atoms with Gasteiger partial charge < -0.3 is 19.7 Å². The van der Waals surface area contributed by atoms with Crippen LogP contribution in [-0.4, -0.2) is 64.9 Å². The molecule has 0 saturated carbocycles. The van der Waals surface area contributed by atoms with Gasteiger partial charge in [0.2, 0.25) is 5.95 Å². The molecule has 0 radical (unpaired) electrons. The van der Waals surface area contributed by atoms with Crippen LogP contribution in [0.2, 0.25) is 0 Å². The number of ether oxygens (including phenoxy) is 1. The summed E-state index contributed by atoms with van der Waals surface area (Å²) in [6.07, 6.45) is 4.42. The molecule has 29 heavy (non-hydrogen) atoms. The van der Waals surface area contributed by atoms with E-state index in [1.807, 2.05) is 30.5 Å². The van der Waals surface area contributed by atoms with Crippen molar-refractivity contribution in [3.05, 3.63) is 42.1 Å². The Morgan fingerprint density at radius 2 is 2.14 bits per heavy atom. The number of aliphatic hydroxyl groups excluding tert-OH is 1. The zero-order chi connectivity index (χ0) is 19.9. The van der Waals surface area contributed by atoms with Crippen LogP contribution in [0.25, 0.3) is 10.9 Å². The van der Waals surface area contributed by atoms with Gasteiger partial charge in [0.25, 0.3) is 0 Å². The van der Waals surface area contributed by atoms with E-state index in [1.54, 1.807) is 18.0 Å². The van der Waals surface area contributed by atoms with Crippen molar-refractivity contribution in [1.82, 2.24) is 15.0 Å². The van der Waals surface area contributed by atoms with Crippen molar-refractivity contribution in [2.24, 2.45) is 5.10 Å². The average molecular weight is 413 g/mol. The normalized spacial score (nSPS) is 14.7. The number of hydrogen-bond acceptors (Lipinski definition) is 8. The Labute approximate surface area is 173 Å². The standard InChI is InChI=1S/C20H24N6O2S/c27-8-3-11-29-19-12-18(26-6-9-28-10-7-26)23-20(24-19)25-22-14-15-13-21-17-5-2-1-4-16(15)17/h1-2,4-5,12-14,21,27H,3,6-11H2,(H,23,24,25)/b22-14-. The fourth-order valence-electron chi connectivity index (χ4n) is 3.09.